The molecule has 0 saturated heterocycles. The molecule has 0 saturated carbocycles. The van der Waals surface area contributed by atoms with E-state index in [0.29, 0.717) is 0 Å². The number of allylic oxidation sites excluding steroid dienone is 2. The lowest BCUT2D eigenvalue weighted by Gasteiger charge is -2.20. The molecule has 1 aromatic carbocycles. The summed E-state index contributed by atoms with van der Waals surface area (Å²) in [6.45, 7) is 2.03. The third-order valence-corrected chi connectivity index (χ3v) is 4.01. The van der Waals surface area contributed by atoms with E-state index in [4.69, 9.17) is 4.42 Å². The fourth-order valence-corrected chi connectivity index (χ4v) is 2.88. The summed E-state index contributed by atoms with van der Waals surface area (Å²) in [6.07, 6.45) is 7.82. The number of carbonyl (C=O) groups excluding carboxylic acids is 1. The highest BCUT2D eigenvalue weighted by Crippen LogP contribution is 2.21. The monoisotopic (exact) mass is 283 g/mol. The largest absolute Gasteiger partial charge is 0.461 e. The van der Waals surface area contributed by atoms with Crippen molar-refractivity contribution < 1.29 is 9.21 Å². The SMILES string of the molecule is CC(Cc1cc2ccccc2o1)NC(=O)C1CC=CCC1. The topological polar surface area (TPSA) is 42.2 Å². The lowest BCUT2D eigenvalue weighted by molar-refractivity contribution is -0.125. The Hall–Kier alpha value is -2.03. The Morgan fingerprint density at radius 3 is 3.00 bits per heavy atom. The van der Waals surface area contributed by atoms with Crippen molar-refractivity contribution in [1.29, 1.82) is 0 Å². The molecular weight excluding hydrogens is 262 g/mol. The van der Waals surface area contributed by atoms with E-state index in [9.17, 15) is 4.79 Å². The van der Waals surface area contributed by atoms with Gasteiger partial charge >= 0.3 is 0 Å². The molecule has 0 spiro atoms. The Bertz CT molecular complexity index is 623. The molecule has 0 fully saturated rings. The molecule has 1 N–H and O–H groups in total. The van der Waals surface area contributed by atoms with Crippen molar-refractivity contribution in [2.45, 2.75) is 38.6 Å². The molecule has 3 nitrogen and oxygen atoms in total. The molecule has 0 radical (unpaired) electrons. The summed E-state index contributed by atoms with van der Waals surface area (Å²) in [4.78, 5) is 12.2. The molecular formula is C18H21NO2. The average molecular weight is 283 g/mol. The van der Waals surface area contributed by atoms with Gasteiger partial charge < -0.3 is 9.73 Å². The number of carbonyl (C=O) groups is 1. The van der Waals surface area contributed by atoms with Crippen LogP contribution in [0.25, 0.3) is 11.0 Å². The molecule has 3 rings (SSSR count). The molecule has 2 atom stereocenters. The van der Waals surface area contributed by atoms with Gasteiger partial charge in [-0.1, -0.05) is 30.4 Å². The first kappa shape index (κ1) is 13.9. The van der Waals surface area contributed by atoms with E-state index in [1.54, 1.807) is 0 Å². The van der Waals surface area contributed by atoms with Crippen LogP contribution in [0.2, 0.25) is 0 Å². The van der Waals surface area contributed by atoms with Crippen LogP contribution in [-0.2, 0) is 11.2 Å². The molecule has 1 aliphatic carbocycles. The number of hydrogen-bond donors (Lipinski definition) is 1. The van der Waals surface area contributed by atoms with Crippen LogP contribution in [0.4, 0.5) is 0 Å². The highest BCUT2D eigenvalue weighted by molar-refractivity contribution is 5.79. The predicted molar refractivity (Wildman–Crippen MR) is 84.0 cm³/mol. The number of nitrogens with one attached hydrogen (secondary N) is 1. The van der Waals surface area contributed by atoms with Gasteiger partial charge in [0.25, 0.3) is 0 Å². The van der Waals surface area contributed by atoms with E-state index in [-0.39, 0.29) is 17.9 Å². The highest BCUT2D eigenvalue weighted by atomic mass is 16.3. The van der Waals surface area contributed by atoms with Crippen LogP contribution in [-0.4, -0.2) is 11.9 Å². The van der Waals surface area contributed by atoms with Crippen LogP contribution in [0.1, 0.15) is 31.9 Å². The summed E-state index contributed by atoms with van der Waals surface area (Å²) < 4.78 is 5.80. The van der Waals surface area contributed by atoms with Crippen molar-refractivity contribution in [3.63, 3.8) is 0 Å². The van der Waals surface area contributed by atoms with Gasteiger partial charge in [-0.15, -0.1) is 0 Å². The third kappa shape index (κ3) is 3.35. The minimum Gasteiger partial charge on any atom is -0.461 e. The van der Waals surface area contributed by atoms with Gasteiger partial charge in [-0.25, -0.2) is 0 Å². The quantitative estimate of drug-likeness (QED) is 0.866. The van der Waals surface area contributed by atoms with Gasteiger partial charge in [0.15, 0.2) is 0 Å². The van der Waals surface area contributed by atoms with Crippen molar-refractivity contribution >= 4 is 16.9 Å². The molecule has 1 aromatic heterocycles. The van der Waals surface area contributed by atoms with Gasteiger partial charge in [0.1, 0.15) is 11.3 Å². The zero-order valence-corrected chi connectivity index (χ0v) is 12.3. The minimum atomic E-state index is 0.0870. The average Bonchev–Trinajstić information content (AvgIpc) is 2.90. The van der Waals surface area contributed by atoms with Crippen LogP contribution in [0.5, 0.6) is 0 Å². The van der Waals surface area contributed by atoms with Gasteiger partial charge in [-0.2, -0.15) is 0 Å². The summed E-state index contributed by atoms with van der Waals surface area (Å²) >= 11 is 0. The first-order valence-corrected chi connectivity index (χ1v) is 7.65. The second kappa shape index (κ2) is 6.17. The Kier molecular flexibility index (Phi) is 4.09. The smallest absolute Gasteiger partial charge is 0.223 e. The van der Waals surface area contributed by atoms with Crippen LogP contribution < -0.4 is 5.32 Å². The Morgan fingerprint density at radius 2 is 2.24 bits per heavy atom. The predicted octanol–water partition coefficient (Wildman–Crippen LogP) is 3.84. The summed E-state index contributed by atoms with van der Waals surface area (Å²) in [5, 5.41) is 4.22. The standard InChI is InChI=1S/C18H21NO2/c1-13(19-18(20)14-7-3-2-4-8-14)11-16-12-15-9-5-6-10-17(15)21-16/h2-3,5-6,9-10,12-14H,4,7-8,11H2,1H3,(H,19,20). The summed E-state index contributed by atoms with van der Waals surface area (Å²) in [7, 11) is 0. The zero-order valence-electron chi connectivity index (χ0n) is 12.3. The molecule has 2 unspecified atom stereocenters. The van der Waals surface area contributed by atoms with E-state index in [1.165, 1.54) is 0 Å². The molecule has 2 aromatic rings. The van der Waals surface area contributed by atoms with Crippen LogP contribution in [0.3, 0.4) is 0 Å². The van der Waals surface area contributed by atoms with E-state index < -0.39 is 0 Å². The summed E-state index contributed by atoms with van der Waals surface area (Å²) in [5.41, 5.74) is 0.906. The normalized spacial score (nSPS) is 19.6. The second-order valence-electron chi connectivity index (χ2n) is 5.85. The Morgan fingerprint density at radius 1 is 1.38 bits per heavy atom. The van der Waals surface area contributed by atoms with Crippen molar-refractivity contribution in [3.05, 3.63) is 48.2 Å². The Balaban J connectivity index is 1.59. The summed E-state index contributed by atoms with van der Waals surface area (Å²) in [5.74, 6) is 1.23. The van der Waals surface area contributed by atoms with Crippen molar-refractivity contribution in [1.82, 2.24) is 5.32 Å². The van der Waals surface area contributed by atoms with E-state index in [2.05, 4.69) is 23.5 Å². The number of furan rings is 1. The molecule has 1 aliphatic rings. The number of para-hydroxylation sites is 1. The van der Waals surface area contributed by atoms with Gasteiger partial charge in [0.2, 0.25) is 5.91 Å². The molecule has 1 amide bonds. The van der Waals surface area contributed by atoms with Crippen LogP contribution in [0, 0.1) is 5.92 Å². The van der Waals surface area contributed by atoms with Crippen LogP contribution >= 0.6 is 0 Å². The van der Waals surface area contributed by atoms with Gasteiger partial charge in [-0.3, -0.25) is 4.79 Å². The maximum atomic E-state index is 12.2. The molecule has 0 bridgehead atoms. The highest BCUT2D eigenvalue weighted by Gasteiger charge is 2.20. The minimum absolute atomic E-state index is 0.0870. The second-order valence-corrected chi connectivity index (χ2v) is 5.85. The zero-order chi connectivity index (χ0) is 14.7. The molecule has 110 valence electrons. The molecule has 1 heterocycles. The number of amides is 1. The maximum Gasteiger partial charge on any atom is 0.223 e. The maximum absolute atomic E-state index is 12.2. The third-order valence-electron chi connectivity index (χ3n) is 4.01. The van der Waals surface area contributed by atoms with E-state index in [0.717, 1.165) is 42.4 Å². The number of rotatable bonds is 4. The molecule has 3 heteroatoms. The number of hydrogen-bond acceptors (Lipinski definition) is 2. The fourth-order valence-electron chi connectivity index (χ4n) is 2.88. The lowest BCUT2D eigenvalue weighted by atomic mass is 9.93. The number of fused-ring (bicyclic) bond motifs is 1. The van der Waals surface area contributed by atoms with Crippen molar-refractivity contribution in [3.8, 4) is 0 Å². The molecule has 0 aliphatic heterocycles. The first-order chi connectivity index (χ1) is 10.2. The first-order valence-electron chi connectivity index (χ1n) is 7.65. The Labute approximate surface area is 125 Å². The number of benzene rings is 1. The van der Waals surface area contributed by atoms with Crippen LogP contribution in [0.15, 0.2) is 46.9 Å². The van der Waals surface area contributed by atoms with Gasteiger partial charge in [0, 0.05) is 23.8 Å². The van der Waals surface area contributed by atoms with Crippen molar-refractivity contribution in [2.24, 2.45) is 5.92 Å². The van der Waals surface area contributed by atoms with E-state index in [1.807, 2.05) is 31.2 Å². The fraction of sp³-hybridized carbons (Fsp3) is 0.389. The van der Waals surface area contributed by atoms with Crippen molar-refractivity contribution in [2.75, 3.05) is 0 Å². The van der Waals surface area contributed by atoms with E-state index >= 15 is 0 Å². The summed E-state index contributed by atoms with van der Waals surface area (Å²) in [6, 6.07) is 10.1. The lowest BCUT2D eigenvalue weighted by Crippen LogP contribution is -2.38. The van der Waals surface area contributed by atoms with Gasteiger partial charge in [0.05, 0.1) is 0 Å². The molecule has 21 heavy (non-hydrogen) atoms. The van der Waals surface area contributed by atoms with Gasteiger partial charge in [-0.05, 0) is 38.3 Å².